The van der Waals surface area contributed by atoms with Crippen LogP contribution in [0.5, 0.6) is 5.75 Å². The van der Waals surface area contributed by atoms with Gasteiger partial charge in [-0.05, 0) is 17.2 Å². The van der Waals surface area contributed by atoms with Gasteiger partial charge in [0, 0.05) is 43.1 Å². The van der Waals surface area contributed by atoms with Gasteiger partial charge in [-0.25, -0.2) is 0 Å². The number of aromatic nitrogens is 2. The number of ketones is 1. The van der Waals surface area contributed by atoms with Crippen LogP contribution in [0, 0.1) is 0 Å². The second-order valence-corrected chi connectivity index (χ2v) is 6.73. The molecule has 0 radical (unpaired) electrons. The van der Waals surface area contributed by atoms with Crippen LogP contribution < -0.4 is 10.1 Å². The van der Waals surface area contributed by atoms with E-state index < -0.39 is 0 Å². The van der Waals surface area contributed by atoms with Crippen LogP contribution in [-0.2, 0) is 17.7 Å². The Morgan fingerprint density at radius 2 is 1.96 bits per heavy atom. The van der Waals surface area contributed by atoms with E-state index in [1.165, 1.54) is 0 Å². The lowest BCUT2D eigenvalue weighted by atomic mass is 9.94. The van der Waals surface area contributed by atoms with E-state index in [1.807, 2.05) is 24.3 Å². The van der Waals surface area contributed by atoms with Crippen molar-refractivity contribution in [3.8, 4) is 17.0 Å². The molecule has 1 aliphatic rings. The summed E-state index contributed by atoms with van der Waals surface area (Å²) in [5, 5.41) is 3.16. The number of carbonyl (C=O) groups is 1. The molecule has 1 aliphatic heterocycles. The highest BCUT2D eigenvalue weighted by atomic mass is 16.5. The maximum atomic E-state index is 12.7. The van der Waals surface area contributed by atoms with Gasteiger partial charge in [0.2, 0.25) is 0 Å². The zero-order chi connectivity index (χ0) is 19.3. The normalized spacial score (nSPS) is 13.4. The number of rotatable bonds is 7. The number of aromatic amines is 1. The zero-order valence-electron chi connectivity index (χ0n) is 15.8. The van der Waals surface area contributed by atoms with Gasteiger partial charge >= 0.3 is 0 Å². The molecule has 0 saturated heterocycles. The molecule has 3 heterocycles. The molecule has 3 aromatic rings. The van der Waals surface area contributed by atoms with Gasteiger partial charge in [0.1, 0.15) is 12.4 Å². The van der Waals surface area contributed by atoms with Gasteiger partial charge in [-0.15, -0.1) is 0 Å². The molecule has 0 bridgehead atoms. The van der Waals surface area contributed by atoms with Crippen LogP contribution in [0.3, 0.4) is 0 Å². The second-order valence-electron chi connectivity index (χ2n) is 6.73. The fraction of sp³-hybridized carbons (Fsp3) is 0.273. The van der Waals surface area contributed by atoms with Crippen molar-refractivity contribution in [2.45, 2.75) is 13.0 Å². The molecule has 0 amide bonds. The van der Waals surface area contributed by atoms with Crippen molar-refractivity contribution in [2.75, 3.05) is 26.9 Å². The molecular formula is C22H23N3O3. The number of H-pyrrole nitrogens is 1. The van der Waals surface area contributed by atoms with Crippen LogP contribution in [0.4, 0.5) is 0 Å². The van der Waals surface area contributed by atoms with Gasteiger partial charge in [-0.3, -0.25) is 9.78 Å². The Morgan fingerprint density at radius 1 is 1.11 bits per heavy atom. The van der Waals surface area contributed by atoms with E-state index in [1.54, 1.807) is 19.5 Å². The number of fused-ring (bicyclic) bond motifs is 1. The predicted octanol–water partition coefficient (Wildman–Crippen LogP) is 2.98. The van der Waals surface area contributed by atoms with Crippen LogP contribution >= 0.6 is 0 Å². The quantitative estimate of drug-likeness (QED) is 0.619. The minimum Gasteiger partial charge on any atom is -0.489 e. The standard InChI is InChI=1S/C22H23N3O3/c1-27-9-10-28-20-14-23-8-7-16(20)22-17(11-15-5-3-2-4-6-15)21-18(25-22)12-24-13-19(21)26/h2-8,14,24-25H,9-13H2,1H3. The van der Waals surface area contributed by atoms with Crippen molar-refractivity contribution in [3.63, 3.8) is 0 Å². The van der Waals surface area contributed by atoms with Crippen LogP contribution in [0.1, 0.15) is 27.2 Å². The van der Waals surface area contributed by atoms with Crippen LogP contribution in [0.15, 0.2) is 48.8 Å². The Labute approximate surface area is 163 Å². The van der Waals surface area contributed by atoms with E-state index in [0.717, 1.165) is 33.6 Å². The summed E-state index contributed by atoms with van der Waals surface area (Å²) < 4.78 is 11.0. The molecule has 4 rings (SSSR count). The summed E-state index contributed by atoms with van der Waals surface area (Å²) in [5.74, 6) is 0.790. The first kappa shape index (κ1) is 18.4. The van der Waals surface area contributed by atoms with Gasteiger partial charge < -0.3 is 19.8 Å². The van der Waals surface area contributed by atoms with Gasteiger partial charge in [-0.2, -0.15) is 0 Å². The fourth-order valence-corrected chi connectivity index (χ4v) is 3.60. The third kappa shape index (κ3) is 3.69. The van der Waals surface area contributed by atoms with Gasteiger partial charge in [-0.1, -0.05) is 30.3 Å². The van der Waals surface area contributed by atoms with Crippen molar-refractivity contribution in [3.05, 3.63) is 71.2 Å². The largest absolute Gasteiger partial charge is 0.489 e. The Morgan fingerprint density at radius 3 is 2.79 bits per heavy atom. The number of methoxy groups -OCH3 is 1. The highest BCUT2D eigenvalue weighted by Gasteiger charge is 2.27. The molecule has 6 nitrogen and oxygen atoms in total. The van der Waals surface area contributed by atoms with E-state index >= 15 is 0 Å². The van der Waals surface area contributed by atoms with E-state index in [9.17, 15) is 4.79 Å². The van der Waals surface area contributed by atoms with Gasteiger partial charge in [0.15, 0.2) is 5.78 Å². The first-order valence-electron chi connectivity index (χ1n) is 9.35. The molecule has 0 fully saturated rings. The Bertz CT molecular complexity index is 966. The number of ether oxygens (including phenoxy) is 2. The topological polar surface area (TPSA) is 76.2 Å². The molecule has 0 atom stereocenters. The maximum absolute atomic E-state index is 12.7. The number of hydrogen-bond donors (Lipinski definition) is 2. The van der Waals surface area contributed by atoms with E-state index in [-0.39, 0.29) is 5.78 Å². The monoisotopic (exact) mass is 377 g/mol. The molecule has 2 N–H and O–H groups in total. The second kappa shape index (κ2) is 8.37. The lowest BCUT2D eigenvalue weighted by Crippen LogP contribution is -2.29. The van der Waals surface area contributed by atoms with Gasteiger partial charge in [0.25, 0.3) is 0 Å². The van der Waals surface area contributed by atoms with E-state index in [2.05, 4.69) is 27.4 Å². The van der Waals surface area contributed by atoms with Crippen molar-refractivity contribution < 1.29 is 14.3 Å². The van der Waals surface area contributed by atoms with Crippen LogP contribution in [0.2, 0.25) is 0 Å². The molecule has 1 aromatic carbocycles. The lowest BCUT2D eigenvalue weighted by molar-refractivity contribution is 0.0981. The molecule has 6 heteroatoms. The van der Waals surface area contributed by atoms with Crippen LogP contribution in [-0.4, -0.2) is 42.6 Å². The van der Waals surface area contributed by atoms with Gasteiger partial charge in [0.05, 0.1) is 25.0 Å². The number of benzene rings is 1. The first-order valence-corrected chi connectivity index (χ1v) is 9.35. The highest BCUT2D eigenvalue weighted by Crippen LogP contribution is 2.36. The first-order chi connectivity index (χ1) is 13.8. The summed E-state index contributed by atoms with van der Waals surface area (Å²) >= 11 is 0. The van der Waals surface area contributed by atoms with Crippen molar-refractivity contribution in [2.24, 2.45) is 0 Å². The van der Waals surface area contributed by atoms with Crippen molar-refractivity contribution >= 4 is 5.78 Å². The molecule has 144 valence electrons. The maximum Gasteiger partial charge on any atom is 0.178 e. The molecule has 0 unspecified atom stereocenters. The highest BCUT2D eigenvalue weighted by molar-refractivity contribution is 6.03. The molecule has 28 heavy (non-hydrogen) atoms. The molecule has 0 spiro atoms. The van der Waals surface area contributed by atoms with Crippen molar-refractivity contribution in [1.82, 2.24) is 15.3 Å². The summed E-state index contributed by atoms with van der Waals surface area (Å²) in [6, 6.07) is 12.1. The zero-order valence-corrected chi connectivity index (χ0v) is 15.8. The number of pyridine rings is 1. The average molecular weight is 377 g/mol. The molecule has 2 aromatic heterocycles. The fourth-order valence-electron chi connectivity index (χ4n) is 3.60. The summed E-state index contributed by atoms with van der Waals surface area (Å²) in [6.45, 7) is 1.94. The molecular weight excluding hydrogens is 354 g/mol. The van der Waals surface area contributed by atoms with Crippen LogP contribution in [0.25, 0.3) is 11.3 Å². The van der Waals surface area contributed by atoms with E-state index in [0.29, 0.717) is 38.5 Å². The van der Waals surface area contributed by atoms with Crippen molar-refractivity contribution in [1.29, 1.82) is 0 Å². The number of nitrogens with one attached hydrogen (secondary N) is 2. The minimum atomic E-state index is 0.116. The third-order valence-corrected chi connectivity index (χ3v) is 4.87. The summed E-state index contributed by atoms with van der Waals surface area (Å²) in [5.41, 5.74) is 5.72. The lowest BCUT2D eigenvalue weighted by Gasteiger charge is -2.14. The Kier molecular flexibility index (Phi) is 5.50. The predicted molar refractivity (Wildman–Crippen MR) is 107 cm³/mol. The Balaban J connectivity index is 1.80. The summed E-state index contributed by atoms with van der Waals surface area (Å²) in [7, 11) is 1.64. The van der Waals surface area contributed by atoms with E-state index in [4.69, 9.17) is 9.47 Å². The Hall–Kier alpha value is -2.96. The third-order valence-electron chi connectivity index (χ3n) is 4.87. The molecule has 0 aliphatic carbocycles. The number of Topliss-reactive ketones (excluding diaryl/α,β-unsaturated/α-hetero) is 1. The average Bonchev–Trinajstić information content (AvgIpc) is 3.09. The number of nitrogens with zero attached hydrogens (tertiary/aromatic N) is 1. The summed E-state index contributed by atoms with van der Waals surface area (Å²) in [6.07, 6.45) is 4.12. The minimum absolute atomic E-state index is 0.116. The SMILES string of the molecule is COCCOc1cnccc1-c1[nH]c2c(c1Cc1ccccc1)C(=O)CNC2. The summed E-state index contributed by atoms with van der Waals surface area (Å²) in [4.78, 5) is 20.4. The smallest absolute Gasteiger partial charge is 0.178 e. The number of carbonyl (C=O) groups excluding carboxylic acids is 1. The number of hydrogen-bond acceptors (Lipinski definition) is 5. The molecule has 0 saturated carbocycles.